The van der Waals surface area contributed by atoms with Crippen molar-refractivity contribution in [2.45, 2.75) is 38.5 Å². The van der Waals surface area contributed by atoms with Crippen LogP contribution in [0.15, 0.2) is 6.20 Å². The average Bonchev–Trinajstić information content (AvgIpc) is 2.58. The van der Waals surface area contributed by atoms with Crippen molar-refractivity contribution >= 4 is 16.5 Å². The van der Waals surface area contributed by atoms with Crippen molar-refractivity contribution in [1.29, 1.82) is 0 Å². The maximum absolute atomic E-state index is 3.83. The van der Waals surface area contributed by atoms with E-state index >= 15 is 0 Å². The van der Waals surface area contributed by atoms with Gasteiger partial charge >= 0.3 is 0 Å². The summed E-state index contributed by atoms with van der Waals surface area (Å²) in [5, 5.41) is 8.33. The third kappa shape index (κ3) is 2.94. The van der Waals surface area contributed by atoms with E-state index < -0.39 is 0 Å². The summed E-state index contributed by atoms with van der Waals surface area (Å²) in [6, 6.07) is 0. The van der Waals surface area contributed by atoms with Gasteiger partial charge < -0.3 is 5.32 Å². The Morgan fingerprint density at radius 2 is 2.07 bits per heavy atom. The first kappa shape index (κ1) is 9.90. The van der Waals surface area contributed by atoms with Gasteiger partial charge in [0.15, 0.2) is 0 Å². The van der Waals surface area contributed by atoms with Crippen LogP contribution in [0.25, 0.3) is 0 Å². The summed E-state index contributed by atoms with van der Waals surface area (Å²) < 4.78 is 3.83. The van der Waals surface area contributed by atoms with Crippen LogP contribution in [-0.4, -0.2) is 16.1 Å². The Balaban J connectivity index is 1.73. The molecule has 1 saturated carbocycles. The molecular formula is C10H17N3S. The van der Waals surface area contributed by atoms with Gasteiger partial charge in [0, 0.05) is 18.1 Å². The third-order valence-corrected chi connectivity index (χ3v) is 3.52. The molecule has 4 heteroatoms. The second-order valence-corrected chi connectivity index (χ2v) is 4.81. The monoisotopic (exact) mass is 211 g/mol. The van der Waals surface area contributed by atoms with Gasteiger partial charge in [-0.15, -0.1) is 5.10 Å². The van der Waals surface area contributed by atoms with Gasteiger partial charge in [0.1, 0.15) is 5.00 Å². The minimum atomic E-state index is 0.861. The molecule has 1 aliphatic carbocycles. The van der Waals surface area contributed by atoms with Gasteiger partial charge in [-0.25, -0.2) is 0 Å². The van der Waals surface area contributed by atoms with E-state index in [0.717, 1.165) is 17.5 Å². The molecule has 0 amide bonds. The number of nitrogens with one attached hydrogen (secondary N) is 1. The molecule has 3 nitrogen and oxygen atoms in total. The Morgan fingerprint density at radius 1 is 1.29 bits per heavy atom. The Morgan fingerprint density at radius 3 is 2.71 bits per heavy atom. The van der Waals surface area contributed by atoms with E-state index in [1.54, 1.807) is 6.20 Å². The zero-order chi connectivity index (χ0) is 9.64. The van der Waals surface area contributed by atoms with Gasteiger partial charge in [0.05, 0.1) is 6.20 Å². The molecule has 2 rings (SSSR count). The fraction of sp³-hybridized carbons (Fsp3) is 0.800. The second-order valence-electron chi connectivity index (χ2n) is 4.02. The van der Waals surface area contributed by atoms with Crippen LogP contribution in [0.2, 0.25) is 0 Å². The predicted octanol–water partition coefficient (Wildman–Crippen LogP) is 2.92. The number of nitrogens with zero attached hydrogens (tertiary/aromatic N) is 2. The molecule has 0 unspecified atom stereocenters. The molecule has 0 aromatic carbocycles. The lowest BCUT2D eigenvalue weighted by molar-refractivity contribution is 0.484. The molecular weight excluding hydrogens is 194 g/mol. The molecule has 1 N–H and O–H groups in total. The summed E-state index contributed by atoms with van der Waals surface area (Å²) in [5.74, 6) is 0.861. The largest absolute Gasteiger partial charge is 0.374 e. The van der Waals surface area contributed by atoms with Crippen molar-refractivity contribution in [3.63, 3.8) is 0 Å². The van der Waals surface area contributed by atoms with E-state index in [-0.39, 0.29) is 0 Å². The highest BCUT2D eigenvalue weighted by Crippen LogP contribution is 2.23. The van der Waals surface area contributed by atoms with E-state index in [4.69, 9.17) is 0 Å². The third-order valence-electron chi connectivity index (χ3n) is 2.90. The van der Waals surface area contributed by atoms with Crippen LogP contribution < -0.4 is 5.32 Å². The van der Waals surface area contributed by atoms with Crippen molar-refractivity contribution in [3.8, 4) is 0 Å². The average molecular weight is 211 g/mol. The molecule has 1 fully saturated rings. The number of aromatic nitrogens is 2. The lowest BCUT2D eigenvalue weighted by Gasteiger charge is -2.13. The fourth-order valence-corrected chi connectivity index (χ4v) is 2.48. The topological polar surface area (TPSA) is 37.8 Å². The molecule has 0 aliphatic heterocycles. The summed E-state index contributed by atoms with van der Waals surface area (Å²) in [5.41, 5.74) is 0. The van der Waals surface area contributed by atoms with Gasteiger partial charge in [-0.2, -0.15) is 0 Å². The van der Waals surface area contributed by atoms with Crippen LogP contribution in [0.4, 0.5) is 5.00 Å². The van der Waals surface area contributed by atoms with Crippen molar-refractivity contribution in [3.05, 3.63) is 6.20 Å². The van der Waals surface area contributed by atoms with Gasteiger partial charge in [0.25, 0.3) is 0 Å². The molecule has 0 radical (unpaired) electrons. The summed E-state index contributed by atoms with van der Waals surface area (Å²) >= 11 is 1.44. The number of rotatable bonds is 3. The standard InChI is InChI=1S/C10H17N3S/c1-2-4-6-9(5-3-1)7-11-10-8-12-13-14-10/h8-9,11H,1-7H2. The minimum absolute atomic E-state index is 0.861. The summed E-state index contributed by atoms with van der Waals surface area (Å²) in [6.45, 7) is 1.10. The van der Waals surface area contributed by atoms with Crippen LogP contribution in [0.1, 0.15) is 38.5 Å². The zero-order valence-electron chi connectivity index (χ0n) is 8.41. The molecule has 14 heavy (non-hydrogen) atoms. The lowest BCUT2D eigenvalue weighted by atomic mass is 10.0. The first-order chi connectivity index (χ1) is 6.95. The van der Waals surface area contributed by atoms with Gasteiger partial charge in [-0.3, -0.25) is 0 Å². The Hall–Kier alpha value is -0.640. The highest BCUT2D eigenvalue weighted by molar-refractivity contribution is 7.09. The van der Waals surface area contributed by atoms with E-state index in [2.05, 4.69) is 14.9 Å². The van der Waals surface area contributed by atoms with Crippen molar-refractivity contribution in [2.24, 2.45) is 5.92 Å². The Bertz CT molecular complexity index is 240. The van der Waals surface area contributed by atoms with Gasteiger partial charge in [-0.1, -0.05) is 30.2 Å². The molecule has 1 aromatic rings. The van der Waals surface area contributed by atoms with Gasteiger partial charge in [0.2, 0.25) is 0 Å². The summed E-state index contributed by atoms with van der Waals surface area (Å²) in [7, 11) is 0. The highest BCUT2D eigenvalue weighted by Gasteiger charge is 2.11. The minimum Gasteiger partial charge on any atom is -0.374 e. The molecule has 1 aliphatic rings. The molecule has 78 valence electrons. The van der Waals surface area contributed by atoms with Crippen LogP contribution in [0, 0.1) is 5.92 Å². The Kier molecular flexibility index (Phi) is 3.74. The normalized spacial score (nSPS) is 19.1. The smallest absolute Gasteiger partial charge is 0.130 e. The maximum atomic E-state index is 3.83. The lowest BCUT2D eigenvalue weighted by Crippen LogP contribution is -2.12. The first-order valence-electron chi connectivity index (χ1n) is 5.46. The molecule has 1 aromatic heterocycles. The van der Waals surface area contributed by atoms with E-state index in [1.807, 2.05) is 0 Å². The van der Waals surface area contributed by atoms with E-state index in [1.165, 1.54) is 50.1 Å². The second kappa shape index (κ2) is 5.29. The summed E-state index contributed by atoms with van der Waals surface area (Å²) in [6.07, 6.45) is 10.3. The number of hydrogen-bond acceptors (Lipinski definition) is 4. The molecule has 0 spiro atoms. The molecule has 0 atom stereocenters. The van der Waals surface area contributed by atoms with Crippen molar-refractivity contribution in [2.75, 3.05) is 11.9 Å². The molecule has 1 heterocycles. The van der Waals surface area contributed by atoms with Gasteiger partial charge in [-0.05, 0) is 18.8 Å². The van der Waals surface area contributed by atoms with Crippen molar-refractivity contribution in [1.82, 2.24) is 9.59 Å². The number of hydrogen-bond donors (Lipinski definition) is 1. The zero-order valence-corrected chi connectivity index (χ0v) is 9.22. The van der Waals surface area contributed by atoms with E-state index in [0.29, 0.717) is 0 Å². The van der Waals surface area contributed by atoms with Crippen LogP contribution >= 0.6 is 11.5 Å². The van der Waals surface area contributed by atoms with Crippen LogP contribution in [0.3, 0.4) is 0 Å². The van der Waals surface area contributed by atoms with E-state index in [9.17, 15) is 0 Å². The van der Waals surface area contributed by atoms with Crippen LogP contribution in [0.5, 0.6) is 0 Å². The molecule has 0 saturated heterocycles. The number of anilines is 1. The maximum Gasteiger partial charge on any atom is 0.130 e. The fourth-order valence-electron chi connectivity index (χ4n) is 2.06. The SMILES string of the molecule is c1nnsc1NCC1CCCCCC1. The predicted molar refractivity (Wildman–Crippen MR) is 59.6 cm³/mol. The summed E-state index contributed by atoms with van der Waals surface area (Å²) in [4.78, 5) is 0. The first-order valence-corrected chi connectivity index (χ1v) is 6.24. The molecule has 0 bridgehead atoms. The highest BCUT2D eigenvalue weighted by atomic mass is 32.1. The quantitative estimate of drug-likeness (QED) is 0.781. The van der Waals surface area contributed by atoms with Crippen molar-refractivity contribution < 1.29 is 0 Å². The van der Waals surface area contributed by atoms with Crippen LogP contribution in [-0.2, 0) is 0 Å². The Labute approximate surface area is 89.1 Å².